The van der Waals surface area contributed by atoms with Gasteiger partial charge >= 0.3 is 0 Å². The number of aromatic nitrogens is 1. The van der Waals surface area contributed by atoms with Crippen LogP contribution in [0, 0.1) is 0 Å². The van der Waals surface area contributed by atoms with Crippen LogP contribution in [0.2, 0.25) is 0 Å². The molecule has 0 unspecified atom stereocenters. The molecule has 2 aromatic carbocycles. The molecule has 1 aromatic heterocycles. The standard InChI is InChI=1S/C20H18N2/c21-17-10-6-12-19-20(17)16(13-14-7-2-1-3-8-14)15-9-4-5-11-18(15)22-19/h1-5,7-9,11,13H,6,10,12,21H2. The molecule has 2 N–H and O–H groups in total. The van der Waals surface area contributed by atoms with Crippen LogP contribution in [0.1, 0.15) is 24.1 Å². The summed E-state index contributed by atoms with van der Waals surface area (Å²) in [5.74, 6) is 0. The lowest BCUT2D eigenvalue weighted by molar-refractivity contribution is 0.787. The van der Waals surface area contributed by atoms with Gasteiger partial charge in [0, 0.05) is 16.3 Å². The molecule has 0 fully saturated rings. The van der Waals surface area contributed by atoms with E-state index < -0.39 is 0 Å². The van der Waals surface area contributed by atoms with Gasteiger partial charge < -0.3 is 5.73 Å². The van der Waals surface area contributed by atoms with Crippen LogP contribution in [0.3, 0.4) is 0 Å². The Morgan fingerprint density at radius 1 is 0.909 bits per heavy atom. The summed E-state index contributed by atoms with van der Waals surface area (Å²) in [5, 5.41) is 3.55. The number of aryl methyl sites for hydroxylation is 1. The molecule has 1 heterocycles. The lowest BCUT2D eigenvalue weighted by Crippen LogP contribution is -2.37. The highest BCUT2D eigenvalue weighted by atomic mass is 14.7. The van der Waals surface area contributed by atoms with E-state index in [1.165, 1.54) is 16.2 Å². The summed E-state index contributed by atoms with van der Waals surface area (Å²) in [7, 11) is 0. The largest absolute Gasteiger partial charge is 0.401 e. The fourth-order valence-electron chi connectivity index (χ4n) is 3.27. The minimum atomic E-state index is 0.961. The Hall–Kier alpha value is -2.61. The summed E-state index contributed by atoms with van der Waals surface area (Å²) in [4.78, 5) is 4.85. The van der Waals surface area contributed by atoms with Gasteiger partial charge in [0.1, 0.15) is 0 Å². The van der Waals surface area contributed by atoms with Crippen molar-refractivity contribution in [3.8, 4) is 0 Å². The topological polar surface area (TPSA) is 38.9 Å². The van der Waals surface area contributed by atoms with Gasteiger partial charge in [0.15, 0.2) is 0 Å². The highest BCUT2D eigenvalue weighted by Gasteiger charge is 2.12. The van der Waals surface area contributed by atoms with Crippen LogP contribution in [-0.2, 0) is 6.42 Å². The molecule has 0 atom stereocenters. The number of nitrogens with zero attached hydrogens (tertiary/aromatic N) is 1. The predicted molar refractivity (Wildman–Crippen MR) is 91.5 cm³/mol. The second kappa shape index (κ2) is 5.30. The van der Waals surface area contributed by atoms with Crippen molar-refractivity contribution in [2.75, 3.05) is 0 Å². The molecule has 22 heavy (non-hydrogen) atoms. The van der Waals surface area contributed by atoms with E-state index >= 15 is 0 Å². The summed E-state index contributed by atoms with van der Waals surface area (Å²) in [5.41, 5.74) is 10.7. The third kappa shape index (κ3) is 2.17. The molecule has 0 radical (unpaired) electrons. The molecule has 0 bridgehead atoms. The average molecular weight is 286 g/mol. The minimum absolute atomic E-state index is 0.961. The van der Waals surface area contributed by atoms with Gasteiger partial charge in [-0.15, -0.1) is 0 Å². The first-order valence-electron chi connectivity index (χ1n) is 7.76. The molecule has 1 aliphatic carbocycles. The Balaban J connectivity index is 2.19. The van der Waals surface area contributed by atoms with E-state index in [-0.39, 0.29) is 0 Å². The summed E-state index contributed by atoms with van der Waals surface area (Å²) >= 11 is 0. The molecule has 0 amide bonds. The second-order valence-corrected chi connectivity index (χ2v) is 5.80. The lowest BCUT2D eigenvalue weighted by atomic mass is 9.97. The number of hydrogen-bond acceptors (Lipinski definition) is 2. The van der Waals surface area contributed by atoms with Crippen molar-refractivity contribution in [2.45, 2.75) is 19.3 Å². The van der Waals surface area contributed by atoms with Gasteiger partial charge in [-0.25, -0.2) is 0 Å². The van der Waals surface area contributed by atoms with Gasteiger partial charge in [0.25, 0.3) is 0 Å². The lowest BCUT2D eigenvalue weighted by Gasteiger charge is -2.14. The number of para-hydroxylation sites is 1. The van der Waals surface area contributed by atoms with Gasteiger partial charge in [-0.1, -0.05) is 48.5 Å². The van der Waals surface area contributed by atoms with E-state index in [0.29, 0.717) is 0 Å². The Morgan fingerprint density at radius 3 is 2.55 bits per heavy atom. The van der Waals surface area contributed by atoms with Gasteiger partial charge in [-0.2, -0.15) is 0 Å². The van der Waals surface area contributed by atoms with E-state index in [1.54, 1.807) is 0 Å². The van der Waals surface area contributed by atoms with Crippen LogP contribution >= 0.6 is 0 Å². The van der Waals surface area contributed by atoms with Crippen molar-refractivity contribution in [3.63, 3.8) is 0 Å². The molecule has 2 nitrogen and oxygen atoms in total. The number of rotatable bonds is 1. The maximum atomic E-state index is 6.35. The molecule has 0 saturated heterocycles. The highest BCUT2D eigenvalue weighted by molar-refractivity contribution is 5.82. The first-order chi connectivity index (χ1) is 10.8. The van der Waals surface area contributed by atoms with Crippen LogP contribution < -0.4 is 16.2 Å². The minimum Gasteiger partial charge on any atom is -0.401 e. The number of benzene rings is 2. The Labute approximate surface area is 129 Å². The van der Waals surface area contributed by atoms with Crippen LogP contribution in [-0.4, -0.2) is 4.98 Å². The smallest absolute Gasteiger partial charge is 0.0711 e. The fourth-order valence-corrected chi connectivity index (χ4v) is 3.27. The normalized spacial score (nSPS) is 15.1. The maximum Gasteiger partial charge on any atom is 0.0711 e. The predicted octanol–water partition coefficient (Wildman–Crippen LogP) is 2.47. The fraction of sp³-hybridized carbons (Fsp3) is 0.150. The highest BCUT2D eigenvalue weighted by Crippen LogP contribution is 2.13. The third-order valence-electron chi connectivity index (χ3n) is 4.30. The van der Waals surface area contributed by atoms with E-state index in [4.69, 9.17) is 10.7 Å². The van der Waals surface area contributed by atoms with E-state index in [1.807, 2.05) is 12.1 Å². The van der Waals surface area contributed by atoms with Crippen molar-refractivity contribution in [1.29, 1.82) is 0 Å². The summed E-state index contributed by atoms with van der Waals surface area (Å²) in [6.45, 7) is 0. The SMILES string of the molecule is NC1=c2c(nc3ccccc3c2=Cc2ccccc2)CCC1. The molecule has 0 aliphatic heterocycles. The van der Waals surface area contributed by atoms with E-state index in [2.05, 4.69) is 48.5 Å². The van der Waals surface area contributed by atoms with Crippen LogP contribution in [0.4, 0.5) is 0 Å². The van der Waals surface area contributed by atoms with Gasteiger partial charge in [-0.05, 0) is 42.2 Å². The average Bonchev–Trinajstić information content (AvgIpc) is 2.56. The molecule has 1 aliphatic rings. The Kier molecular flexibility index (Phi) is 3.15. The third-order valence-corrected chi connectivity index (χ3v) is 4.30. The molecule has 3 aromatic rings. The molecule has 0 spiro atoms. The summed E-state index contributed by atoms with van der Waals surface area (Å²) < 4.78 is 0. The molecule has 108 valence electrons. The van der Waals surface area contributed by atoms with Crippen LogP contribution in [0.25, 0.3) is 22.7 Å². The maximum absolute atomic E-state index is 6.35. The first kappa shape index (κ1) is 13.1. The number of hydrogen-bond donors (Lipinski definition) is 1. The van der Waals surface area contributed by atoms with Crippen molar-refractivity contribution in [1.82, 2.24) is 4.98 Å². The zero-order valence-electron chi connectivity index (χ0n) is 12.4. The first-order valence-corrected chi connectivity index (χ1v) is 7.76. The number of nitrogens with two attached hydrogens (primary N) is 1. The Morgan fingerprint density at radius 2 is 1.68 bits per heavy atom. The molecule has 0 saturated carbocycles. The van der Waals surface area contributed by atoms with Crippen molar-refractivity contribution in [2.24, 2.45) is 5.73 Å². The molecule has 4 rings (SSSR count). The summed E-state index contributed by atoms with van der Waals surface area (Å²) in [6, 6.07) is 18.8. The van der Waals surface area contributed by atoms with Crippen LogP contribution in [0.15, 0.2) is 54.6 Å². The van der Waals surface area contributed by atoms with E-state index in [9.17, 15) is 0 Å². The van der Waals surface area contributed by atoms with Gasteiger partial charge in [-0.3, -0.25) is 4.98 Å². The van der Waals surface area contributed by atoms with Crippen molar-refractivity contribution >= 4 is 22.7 Å². The zero-order chi connectivity index (χ0) is 14.9. The second-order valence-electron chi connectivity index (χ2n) is 5.80. The summed E-state index contributed by atoms with van der Waals surface area (Å²) in [6.07, 6.45) is 5.30. The van der Waals surface area contributed by atoms with Gasteiger partial charge in [0.2, 0.25) is 0 Å². The Bertz CT molecular complexity index is 956. The van der Waals surface area contributed by atoms with E-state index in [0.717, 1.165) is 41.4 Å². The zero-order valence-corrected chi connectivity index (χ0v) is 12.4. The molecule has 2 heteroatoms. The van der Waals surface area contributed by atoms with Gasteiger partial charge in [0.05, 0.1) is 11.2 Å². The van der Waals surface area contributed by atoms with Crippen molar-refractivity contribution in [3.05, 3.63) is 76.3 Å². The quantitative estimate of drug-likeness (QED) is 0.746. The van der Waals surface area contributed by atoms with Crippen LogP contribution in [0.5, 0.6) is 0 Å². The number of pyridine rings is 1. The monoisotopic (exact) mass is 286 g/mol. The number of fused-ring (bicyclic) bond motifs is 2. The van der Waals surface area contributed by atoms with Crippen molar-refractivity contribution < 1.29 is 0 Å². The molecular formula is C20H18N2. The molecular weight excluding hydrogens is 268 g/mol.